The summed E-state index contributed by atoms with van der Waals surface area (Å²) in [5.41, 5.74) is 5.48. The maximum atomic E-state index is 3.48. The lowest BCUT2D eigenvalue weighted by Gasteiger charge is -2.25. The molecule has 0 radical (unpaired) electrons. The van der Waals surface area contributed by atoms with E-state index in [1.54, 1.807) is 11.1 Å². The first-order valence-electron chi connectivity index (χ1n) is 5.24. The summed E-state index contributed by atoms with van der Waals surface area (Å²) in [7, 11) is 0. The highest BCUT2D eigenvalue weighted by Crippen LogP contribution is 2.67. The van der Waals surface area contributed by atoms with Gasteiger partial charge in [0, 0.05) is 9.89 Å². The van der Waals surface area contributed by atoms with Crippen molar-refractivity contribution in [3.05, 3.63) is 45.4 Å². The van der Waals surface area contributed by atoms with E-state index in [1.165, 1.54) is 29.3 Å². The molecular weight excluding hydrogens is 236 g/mol. The highest BCUT2D eigenvalue weighted by molar-refractivity contribution is 9.10. The van der Waals surface area contributed by atoms with Crippen LogP contribution in [0.5, 0.6) is 0 Å². The van der Waals surface area contributed by atoms with Gasteiger partial charge in [-0.2, -0.15) is 0 Å². The van der Waals surface area contributed by atoms with Crippen LogP contribution in [0.2, 0.25) is 0 Å². The molecule has 0 spiro atoms. The maximum absolute atomic E-state index is 3.48. The third-order valence-corrected chi connectivity index (χ3v) is 4.23. The van der Waals surface area contributed by atoms with Gasteiger partial charge in [0.25, 0.3) is 0 Å². The maximum Gasteiger partial charge on any atom is 0.0239 e. The number of benzene rings is 1. The first-order valence-corrected chi connectivity index (χ1v) is 6.03. The third kappa shape index (κ3) is 0.993. The van der Waals surface area contributed by atoms with E-state index in [-0.39, 0.29) is 0 Å². The fraction of sp³-hybridized carbons (Fsp3) is 0.385. The number of fused-ring (bicyclic) bond motifs is 1. The first-order chi connectivity index (χ1) is 6.76. The fourth-order valence-corrected chi connectivity index (χ4v) is 3.00. The number of rotatable bonds is 2. The number of halogens is 1. The fourth-order valence-electron chi connectivity index (χ4n) is 2.74. The van der Waals surface area contributed by atoms with Crippen molar-refractivity contribution in [2.24, 2.45) is 0 Å². The second-order valence-corrected chi connectivity index (χ2v) is 5.29. The van der Waals surface area contributed by atoms with Gasteiger partial charge >= 0.3 is 0 Å². The molecule has 0 nitrogen and oxygen atoms in total. The van der Waals surface area contributed by atoms with Crippen molar-refractivity contribution >= 4 is 15.9 Å². The van der Waals surface area contributed by atoms with E-state index in [2.05, 4.69) is 47.1 Å². The minimum atomic E-state index is 0.506. The van der Waals surface area contributed by atoms with E-state index >= 15 is 0 Å². The van der Waals surface area contributed by atoms with E-state index in [9.17, 15) is 0 Å². The summed E-state index contributed by atoms with van der Waals surface area (Å²) in [5.74, 6) is 0. The van der Waals surface area contributed by atoms with Crippen molar-refractivity contribution in [1.29, 1.82) is 0 Å². The van der Waals surface area contributed by atoms with E-state index < -0.39 is 0 Å². The van der Waals surface area contributed by atoms with Crippen LogP contribution in [0, 0.1) is 0 Å². The van der Waals surface area contributed by atoms with Crippen molar-refractivity contribution in [3.8, 4) is 0 Å². The molecule has 1 unspecified atom stereocenters. The van der Waals surface area contributed by atoms with Gasteiger partial charge in [-0.1, -0.05) is 46.1 Å². The van der Waals surface area contributed by atoms with Crippen LogP contribution >= 0.6 is 15.9 Å². The second kappa shape index (κ2) is 2.73. The zero-order chi connectivity index (χ0) is 9.76. The van der Waals surface area contributed by atoms with Crippen LogP contribution in [0.15, 0.2) is 39.9 Å². The average molecular weight is 249 g/mol. The molecular formula is C13H13Br. The van der Waals surface area contributed by atoms with Gasteiger partial charge in [-0.15, -0.1) is 0 Å². The Balaban J connectivity index is 1.94. The van der Waals surface area contributed by atoms with Crippen LogP contribution in [0.3, 0.4) is 0 Å². The molecule has 0 amide bonds. The molecule has 0 aliphatic heterocycles. The van der Waals surface area contributed by atoms with Gasteiger partial charge < -0.3 is 0 Å². The zero-order valence-electron chi connectivity index (χ0n) is 8.31. The molecule has 1 fully saturated rings. The summed E-state index contributed by atoms with van der Waals surface area (Å²) >= 11 is 3.48. The van der Waals surface area contributed by atoms with Crippen molar-refractivity contribution < 1.29 is 0 Å². The summed E-state index contributed by atoms with van der Waals surface area (Å²) in [6.45, 7) is 2.27. The zero-order valence-corrected chi connectivity index (χ0v) is 9.89. The number of hydrogen-bond acceptors (Lipinski definition) is 0. The minimum absolute atomic E-state index is 0.506. The van der Waals surface area contributed by atoms with E-state index in [4.69, 9.17) is 0 Å². The first kappa shape index (κ1) is 8.72. The van der Waals surface area contributed by atoms with Crippen LogP contribution < -0.4 is 0 Å². The monoisotopic (exact) mass is 248 g/mol. The summed E-state index contributed by atoms with van der Waals surface area (Å²) in [6.07, 6.45) is 3.91. The Hall–Kier alpha value is -0.560. The van der Waals surface area contributed by atoms with Crippen LogP contribution in [-0.4, -0.2) is 0 Å². The average Bonchev–Trinajstić information content (AvgIpc) is 2.76. The summed E-state index contributed by atoms with van der Waals surface area (Å²) in [4.78, 5) is 0. The molecule has 0 bridgehead atoms. The van der Waals surface area contributed by atoms with Gasteiger partial charge in [0.1, 0.15) is 0 Å². The molecule has 1 heteroatoms. The number of allylic oxidation sites excluding steroid dienone is 2. The van der Waals surface area contributed by atoms with Crippen LogP contribution in [0.1, 0.15) is 31.7 Å². The van der Waals surface area contributed by atoms with Crippen molar-refractivity contribution in [2.75, 3.05) is 0 Å². The van der Waals surface area contributed by atoms with Gasteiger partial charge in [-0.05, 0) is 37.0 Å². The lowest BCUT2D eigenvalue weighted by Crippen LogP contribution is -2.15. The quantitative estimate of drug-likeness (QED) is 0.689. The Kier molecular flexibility index (Phi) is 1.70. The molecule has 0 N–H and O–H groups in total. The molecule has 1 aromatic rings. The molecule has 72 valence electrons. The van der Waals surface area contributed by atoms with Gasteiger partial charge in [-0.3, -0.25) is 0 Å². The molecule has 2 aliphatic rings. The topological polar surface area (TPSA) is 0 Å². The third-order valence-electron chi connectivity index (χ3n) is 3.70. The predicted octanol–water partition coefficient (Wildman–Crippen LogP) is 4.20. The van der Waals surface area contributed by atoms with Crippen LogP contribution in [0.4, 0.5) is 0 Å². The van der Waals surface area contributed by atoms with Crippen molar-refractivity contribution in [2.45, 2.75) is 31.6 Å². The highest BCUT2D eigenvalue weighted by atomic mass is 79.9. The molecule has 1 saturated carbocycles. The van der Waals surface area contributed by atoms with Gasteiger partial charge in [0.05, 0.1) is 0 Å². The van der Waals surface area contributed by atoms with Gasteiger partial charge in [0.2, 0.25) is 0 Å². The predicted molar refractivity (Wildman–Crippen MR) is 62.4 cm³/mol. The van der Waals surface area contributed by atoms with Gasteiger partial charge in [-0.25, -0.2) is 0 Å². The summed E-state index contributed by atoms with van der Waals surface area (Å²) in [5, 5.41) is 0. The van der Waals surface area contributed by atoms with E-state index in [0.717, 1.165) is 0 Å². The summed E-state index contributed by atoms with van der Waals surface area (Å²) in [6, 6.07) is 8.85. The lowest BCUT2D eigenvalue weighted by atomic mass is 9.79. The van der Waals surface area contributed by atoms with E-state index in [0.29, 0.717) is 5.41 Å². The molecule has 1 aromatic carbocycles. The molecule has 3 rings (SSSR count). The molecule has 0 saturated heterocycles. The molecule has 2 aliphatic carbocycles. The Labute approximate surface area is 93.2 Å². The smallest absolute Gasteiger partial charge is 0.0239 e. The lowest BCUT2D eigenvalue weighted by molar-refractivity contribution is 0.643. The number of hydrogen-bond donors (Lipinski definition) is 0. The minimum Gasteiger partial charge on any atom is -0.0691 e. The Morgan fingerprint density at radius 2 is 1.93 bits per heavy atom. The molecule has 0 aromatic heterocycles. The van der Waals surface area contributed by atoms with Crippen LogP contribution in [-0.2, 0) is 5.41 Å². The van der Waals surface area contributed by atoms with E-state index in [1.807, 2.05) is 0 Å². The molecule has 1 atom stereocenters. The largest absolute Gasteiger partial charge is 0.0691 e. The SMILES string of the molecule is CCC1=C2CC2(c2ccc(Br)cc2)C1. The van der Waals surface area contributed by atoms with Gasteiger partial charge in [0.15, 0.2) is 0 Å². The van der Waals surface area contributed by atoms with Crippen molar-refractivity contribution in [3.63, 3.8) is 0 Å². The highest BCUT2D eigenvalue weighted by Gasteiger charge is 2.58. The molecule has 0 heterocycles. The standard InChI is InChI=1S/C13H13Br/c1-2-9-7-13(8-12(9)13)10-3-5-11(14)6-4-10/h3-6H,2,7-8H2,1H3. The molecule has 14 heavy (non-hydrogen) atoms. The van der Waals surface area contributed by atoms with Crippen LogP contribution in [0.25, 0.3) is 0 Å². The normalized spacial score (nSPS) is 28.4. The Morgan fingerprint density at radius 1 is 1.21 bits per heavy atom. The second-order valence-electron chi connectivity index (χ2n) is 4.38. The van der Waals surface area contributed by atoms with Crippen molar-refractivity contribution in [1.82, 2.24) is 0 Å². The summed E-state index contributed by atoms with van der Waals surface area (Å²) < 4.78 is 1.18. The Morgan fingerprint density at radius 3 is 2.50 bits per heavy atom. The Bertz CT molecular complexity index is 413.